The summed E-state index contributed by atoms with van der Waals surface area (Å²) in [6, 6.07) is 4.94. The molecule has 0 aliphatic carbocycles. The molecule has 0 atom stereocenters. The number of halogens is 3. The van der Waals surface area contributed by atoms with Gasteiger partial charge in [-0.2, -0.15) is 13.2 Å². The zero-order valence-corrected chi connectivity index (χ0v) is 18.6. The molecule has 1 heterocycles. The van der Waals surface area contributed by atoms with Crippen LogP contribution >= 0.6 is 0 Å². The summed E-state index contributed by atoms with van der Waals surface area (Å²) >= 11 is 0. The van der Waals surface area contributed by atoms with Crippen molar-refractivity contribution in [1.82, 2.24) is 5.32 Å². The number of allylic oxidation sites excluding steroid dienone is 1. The summed E-state index contributed by atoms with van der Waals surface area (Å²) in [5.41, 5.74) is 5.30. The maximum Gasteiger partial charge on any atom is 0.431 e. The Morgan fingerprint density at radius 2 is 2.09 bits per heavy atom. The second-order valence-electron chi connectivity index (χ2n) is 8.02. The number of benzene rings is 1. The number of hydrogen-bond donors (Lipinski definition) is 3. The molecule has 0 fully saturated rings. The van der Waals surface area contributed by atoms with Gasteiger partial charge in [-0.1, -0.05) is 13.8 Å². The minimum absolute atomic E-state index is 0.00551. The fourth-order valence-electron chi connectivity index (χ4n) is 3.11. The number of ether oxygens (including phenoxy) is 1. The number of nitrogens with zero attached hydrogens (tertiary/aromatic N) is 2. The summed E-state index contributed by atoms with van der Waals surface area (Å²) in [7, 11) is 0. The van der Waals surface area contributed by atoms with Crippen LogP contribution in [-0.2, 0) is 16.0 Å². The van der Waals surface area contributed by atoms with Gasteiger partial charge >= 0.3 is 12.1 Å². The van der Waals surface area contributed by atoms with E-state index in [4.69, 9.17) is 15.6 Å². The lowest BCUT2D eigenvalue weighted by Gasteiger charge is -2.18. The van der Waals surface area contributed by atoms with Crippen molar-refractivity contribution >= 4 is 23.8 Å². The van der Waals surface area contributed by atoms with E-state index in [1.54, 1.807) is 23.1 Å². The van der Waals surface area contributed by atoms with Gasteiger partial charge < -0.3 is 25.8 Å². The van der Waals surface area contributed by atoms with E-state index in [0.29, 0.717) is 30.9 Å². The number of carbonyl (C=O) groups excluding carboxylic acids is 1. The number of aliphatic carboxylic acids is 1. The average molecular weight is 470 g/mol. The molecule has 0 radical (unpaired) electrons. The van der Waals surface area contributed by atoms with Crippen LogP contribution < -0.4 is 20.7 Å². The van der Waals surface area contributed by atoms with E-state index in [-0.39, 0.29) is 36.9 Å². The van der Waals surface area contributed by atoms with Crippen LogP contribution in [0.5, 0.6) is 5.75 Å². The number of carbonyl (C=O) groups is 2. The largest absolute Gasteiger partial charge is 0.489 e. The molecule has 33 heavy (non-hydrogen) atoms. The predicted molar refractivity (Wildman–Crippen MR) is 119 cm³/mol. The average Bonchev–Trinajstić information content (AvgIpc) is 3.15. The molecule has 0 unspecified atom stereocenters. The number of fused-ring (bicyclic) bond motifs is 1. The maximum absolute atomic E-state index is 13.1. The number of carboxylic acids is 1. The second-order valence-corrected chi connectivity index (χ2v) is 8.02. The van der Waals surface area contributed by atoms with Gasteiger partial charge in [0, 0.05) is 37.1 Å². The highest BCUT2D eigenvalue weighted by molar-refractivity contribution is 5.97. The molecule has 4 N–H and O–H groups in total. The number of rotatable bonds is 11. The Kier molecular flexibility index (Phi) is 9.27. The molecule has 1 aromatic rings. The first kappa shape index (κ1) is 26.2. The Morgan fingerprint density at radius 3 is 2.73 bits per heavy atom. The Labute approximate surface area is 190 Å². The minimum Gasteiger partial charge on any atom is -0.489 e. The quantitative estimate of drug-likeness (QED) is 0.338. The summed E-state index contributed by atoms with van der Waals surface area (Å²) in [5.74, 6) is -0.606. The Balaban J connectivity index is 2.04. The highest BCUT2D eigenvalue weighted by Gasteiger charge is 2.34. The van der Waals surface area contributed by atoms with Crippen molar-refractivity contribution in [3.8, 4) is 5.75 Å². The number of nitrogens with two attached hydrogens (primary N) is 1. The molecule has 2 rings (SSSR count). The van der Waals surface area contributed by atoms with Crippen LogP contribution in [0.25, 0.3) is 0 Å². The van der Waals surface area contributed by atoms with Crippen molar-refractivity contribution in [1.29, 1.82) is 0 Å². The van der Waals surface area contributed by atoms with E-state index in [9.17, 15) is 22.8 Å². The third-order valence-corrected chi connectivity index (χ3v) is 4.80. The van der Waals surface area contributed by atoms with Crippen molar-refractivity contribution in [3.63, 3.8) is 0 Å². The molecule has 0 aromatic heterocycles. The topological polar surface area (TPSA) is 117 Å². The molecular weight excluding hydrogens is 441 g/mol. The molecule has 1 amide bonds. The highest BCUT2D eigenvalue weighted by atomic mass is 19.4. The third-order valence-electron chi connectivity index (χ3n) is 4.80. The molecule has 0 saturated heterocycles. The van der Waals surface area contributed by atoms with Crippen molar-refractivity contribution in [3.05, 3.63) is 35.0 Å². The van der Waals surface area contributed by atoms with Gasteiger partial charge in [-0.3, -0.25) is 14.6 Å². The molecule has 0 bridgehead atoms. The molecule has 1 aromatic carbocycles. The minimum atomic E-state index is -4.69. The Hall–Kier alpha value is -3.08. The van der Waals surface area contributed by atoms with Crippen LogP contribution in [0, 0.1) is 5.92 Å². The molecule has 1 aliphatic heterocycles. The van der Waals surface area contributed by atoms with Crippen LogP contribution in [0.4, 0.5) is 18.9 Å². The number of alkyl halides is 3. The van der Waals surface area contributed by atoms with Crippen LogP contribution in [0.1, 0.15) is 25.8 Å². The van der Waals surface area contributed by atoms with Crippen LogP contribution in [-0.4, -0.2) is 62.2 Å². The molecule has 0 saturated carbocycles. The van der Waals surface area contributed by atoms with Gasteiger partial charge in [0.1, 0.15) is 18.1 Å². The lowest BCUT2D eigenvalue weighted by molar-refractivity contribution is -0.137. The first-order chi connectivity index (χ1) is 15.5. The van der Waals surface area contributed by atoms with Gasteiger partial charge in [-0.15, -0.1) is 0 Å². The van der Waals surface area contributed by atoms with Gasteiger partial charge in [0.15, 0.2) is 0 Å². The number of carboxylic acid groups (broad SMARTS) is 1. The van der Waals surface area contributed by atoms with E-state index >= 15 is 0 Å². The lowest BCUT2D eigenvalue weighted by atomic mass is 10.1. The van der Waals surface area contributed by atoms with Crippen molar-refractivity contribution < 1.29 is 32.6 Å². The number of hydrogen-bond acceptors (Lipinski definition) is 6. The van der Waals surface area contributed by atoms with E-state index in [2.05, 4.69) is 10.3 Å². The summed E-state index contributed by atoms with van der Waals surface area (Å²) in [5, 5.41) is 11.4. The SMILES string of the molecule is CC(C)CN=CC(COc1ccc2c(c1)CCN2C(=O)CNCCC(=O)O)=C(N)C(F)(F)F. The highest BCUT2D eigenvalue weighted by Crippen LogP contribution is 2.32. The predicted octanol–water partition coefficient (Wildman–Crippen LogP) is 2.52. The van der Waals surface area contributed by atoms with E-state index in [0.717, 1.165) is 11.8 Å². The van der Waals surface area contributed by atoms with Gasteiger partial charge in [-0.05, 0) is 36.1 Å². The zero-order valence-electron chi connectivity index (χ0n) is 18.6. The Bertz CT molecular complexity index is 913. The van der Waals surface area contributed by atoms with Crippen LogP contribution in [0.2, 0.25) is 0 Å². The van der Waals surface area contributed by atoms with Crippen molar-refractivity contribution in [2.24, 2.45) is 16.6 Å². The van der Waals surface area contributed by atoms with Crippen molar-refractivity contribution in [2.75, 3.05) is 37.7 Å². The normalized spacial score (nSPS) is 14.5. The standard InChI is InChI=1S/C22H29F3N4O4/c1-14(2)10-28-11-16(21(26)22(23,24)25)13-33-17-3-4-18-15(9-17)6-8-29(18)19(30)12-27-7-5-20(31)32/h3-4,9,11,14,27H,5-8,10,12-13,26H2,1-2H3,(H,31,32). The molecule has 182 valence electrons. The summed E-state index contributed by atoms with van der Waals surface area (Å²) in [6.45, 7) is 4.40. The lowest BCUT2D eigenvalue weighted by Crippen LogP contribution is -2.37. The van der Waals surface area contributed by atoms with Gasteiger partial charge in [0.25, 0.3) is 0 Å². The molecule has 0 spiro atoms. The van der Waals surface area contributed by atoms with E-state index in [1.165, 1.54) is 0 Å². The third kappa shape index (κ3) is 8.08. The number of anilines is 1. The van der Waals surface area contributed by atoms with E-state index in [1.807, 2.05) is 13.8 Å². The fraction of sp³-hybridized carbons (Fsp3) is 0.500. The monoisotopic (exact) mass is 470 g/mol. The number of amides is 1. The van der Waals surface area contributed by atoms with Gasteiger partial charge in [0.2, 0.25) is 5.91 Å². The molecule has 1 aliphatic rings. The summed E-state index contributed by atoms with van der Waals surface area (Å²) in [4.78, 5) is 28.6. The second kappa shape index (κ2) is 11.7. The molecular formula is C22H29F3N4O4. The first-order valence-corrected chi connectivity index (χ1v) is 10.5. The fourth-order valence-corrected chi connectivity index (χ4v) is 3.11. The van der Waals surface area contributed by atoms with Crippen molar-refractivity contribution in [2.45, 2.75) is 32.9 Å². The number of nitrogens with one attached hydrogen (secondary N) is 1. The van der Waals surface area contributed by atoms with E-state index < -0.39 is 24.4 Å². The first-order valence-electron chi connectivity index (χ1n) is 10.5. The van der Waals surface area contributed by atoms with Gasteiger partial charge in [0.05, 0.1) is 13.0 Å². The number of aliphatic imine (C=N–C) groups is 1. The van der Waals surface area contributed by atoms with Crippen LogP contribution in [0.15, 0.2) is 34.5 Å². The van der Waals surface area contributed by atoms with Crippen LogP contribution in [0.3, 0.4) is 0 Å². The molecule has 11 heteroatoms. The Morgan fingerprint density at radius 1 is 1.36 bits per heavy atom. The molecule has 8 nitrogen and oxygen atoms in total. The summed E-state index contributed by atoms with van der Waals surface area (Å²) < 4.78 is 44.8. The summed E-state index contributed by atoms with van der Waals surface area (Å²) in [6.07, 6.45) is -3.10. The maximum atomic E-state index is 13.1. The van der Waals surface area contributed by atoms with Gasteiger partial charge in [-0.25, -0.2) is 0 Å². The smallest absolute Gasteiger partial charge is 0.431 e. The zero-order chi connectivity index (χ0) is 24.6.